The second-order valence-corrected chi connectivity index (χ2v) is 9.88. The molecule has 1 saturated heterocycles. The minimum atomic E-state index is -0.610. The van der Waals surface area contributed by atoms with Crippen molar-refractivity contribution >= 4 is 11.8 Å². The van der Waals surface area contributed by atoms with Crippen LogP contribution in [0.4, 0.5) is 0 Å². The fourth-order valence-corrected chi connectivity index (χ4v) is 5.70. The molecule has 3 aliphatic rings. The summed E-state index contributed by atoms with van der Waals surface area (Å²) >= 11 is 0. The van der Waals surface area contributed by atoms with Crippen LogP contribution in [0.2, 0.25) is 0 Å². The minimum Gasteiger partial charge on any atom is -0.396 e. The monoisotopic (exact) mass is 465 g/mol. The highest BCUT2D eigenvalue weighted by Crippen LogP contribution is 2.48. The minimum absolute atomic E-state index is 0.102. The third kappa shape index (κ3) is 3.73. The van der Waals surface area contributed by atoms with Crippen molar-refractivity contribution in [2.45, 2.75) is 43.9 Å². The Balaban J connectivity index is 1.60. The number of carbonyl (C=O) groups is 2. The van der Waals surface area contributed by atoms with Gasteiger partial charge in [-0.25, -0.2) is 0 Å². The molecule has 5 rings (SSSR count). The Bertz CT molecular complexity index is 1140. The lowest BCUT2D eigenvalue weighted by Crippen LogP contribution is -2.51. The van der Waals surface area contributed by atoms with E-state index in [2.05, 4.69) is 10.3 Å². The zero-order valence-electron chi connectivity index (χ0n) is 19.6. The van der Waals surface area contributed by atoms with Crippen LogP contribution in [-0.2, 0) is 16.1 Å². The highest BCUT2D eigenvalue weighted by Gasteiger charge is 2.57. The lowest BCUT2D eigenvalue weighted by molar-refractivity contribution is -0.137. The smallest absolute Gasteiger partial charge is 0.258 e. The van der Waals surface area contributed by atoms with Gasteiger partial charge in [0.25, 0.3) is 5.56 Å². The number of amides is 2. The molecule has 2 aliphatic heterocycles. The maximum Gasteiger partial charge on any atom is 0.258 e. The van der Waals surface area contributed by atoms with E-state index in [9.17, 15) is 19.5 Å². The number of nitrogens with one attached hydrogen (secondary N) is 1. The van der Waals surface area contributed by atoms with Crippen LogP contribution in [0.25, 0.3) is 11.1 Å². The number of fused-ring (bicyclic) bond motifs is 4. The van der Waals surface area contributed by atoms with Crippen LogP contribution in [0.1, 0.15) is 31.0 Å². The van der Waals surface area contributed by atoms with Gasteiger partial charge < -0.3 is 24.8 Å². The van der Waals surface area contributed by atoms with E-state index in [0.29, 0.717) is 11.3 Å². The molecule has 34 heavy (non-hydrogen) atoms. The first-order valence-corrected chi connectivity index (χ1v) is 11.9. The number of nitrogens with zero attached hydrogens (tertiary/aromatic N) is 4. The average molecular weight is 466 g/mol. The van der Waals surface area contributed by atoms with Gasteiger partial charge in [-0.2, -0.15) is 0 Å². The maximum atomic E-state index is 13.6. The number of aromatic nitrogens is 2. The Morgan fingerprint density at radius 3 is 2.53 bits per heavy atom. The molecule has 4 heterocycles. The van der Waals surface area contributed by atoms with Crippen LogP contribution in [0.15, 0.2) is 41.5 Å². The molecule has 1 saturated carbocycles. The number of rotatable bonds is 6. The summed E-state index contributed by atoms with van der Waals surface area (Å²) in [5, 5.41) is 13.5. The number of aliphatic hydroxyl groups excluding tert-OH is 1. The quantitative estimate of drug-likeness (QED) is 0.648. The van der Waals surface area contributed by atoms with Gasteiger partial charge in [-0.15, -0.1) is 0 Å². The molecule has 0 spiro atoms. The molecule has 9 nitrogen and oxygen atoms in total. The van der Waals surface area contributed by atoms with Gasteiger partial charge in [-0.3, -0.25) is 19.4 Å². The van der Waals surface area contributed by atoms with E-state index in [1.807, 2.05) is 20.2 Å². The van der Waals surface area contributed by atoms with Crippen LogP contribution in [-0.4, -0.2) is 75.6 Å². The Hall–Kier alpha value is -3.04. The average Bonchev–Trinajstić information content (AvgIpc) is 3.04. The van der Waals surface area contributed by atoms with Gasteiger partial charge in [0.15, 0.2) is 0 Å². The van der Waals surface area contributed by atoms with Gasteiger partial charge >= 0.3 is 0 Å². The fourth-order valence-electron chi connectivity index (χ4n) is 5.70. The lowest BCUT2D eigenvalue weighted by Gasteiger charge is -2.39. The normalized spacial score (nSPS) is 25.7. The van der Waals surface area contributed by atoms with Crippen molar-refractivity contribution in [1.29, 1.82) is 0 Å². The molecule has 0 unspecified atom stereocenters. The number of pyridine rings is 2. The van der Waals surface area contributed by atoms with Crippen molar-refractivity contribution in [2.75, 3.05) is 27.2 Å². The van der Waals surface area contributed by atoms with Crippen molar-refractivity contribution in [3.05, 3.63) is 52.7 Å². The second-order valence-electron chi connectivity index (χ2n) is 9.88. The molecular weight excluding hydrogens is 434 g/mol. The zero-order valence-corrected chi connectivity index (χ0v) is 19.6. The zero-order chi connectivity index (χ0) is 24.0. The number of aliphatic hydroxyl groups is 1. The van der Waals surface area contributed by atoms with Crippen molar-refractivity contribution in [2.24, 2.45) is 11.8 Å². The topological polar surface area (TPSA) is 108 Å². The van der Waals surface area contributed by atoms with E-state index < -0.39 is 23.9 Å². The van der Waals surface area contributed by atoms with E-state index in [4.69, 9.17) is 0 Å². The molecule has 0 aromatic carbocycles. The fraction of sp³-hybridized carbons (Fsp3) is 0.520. The van der Waals surface area contributed by atoms with Crippen molar-refractivity contribution in [3.8, 4) is 11.1 Å². The predicted octanol–water partition coefficient (Wildman–Crippen LogP) is 0.631. The Labute approximate surface area is 198 Å². The molecule has 2 N–H and O–H groups in total. The number of hydrogen-bond donors (Lipinski definition) is 2. The highest BCUT2D eigenvalue weighted by atomic mass is 16.3. The van der Waals surface area contributed by atoms with Gasteiger partial charge in [0.2, 0.25) is 11.8 Å². The molecule has 2 aromatic heterocycles. The Morgan fingerprint density at radius 2 is 1.91 bits per heavy atom. The number of carbonyl (C=O) groups excluding carboxylic acids is 2. The lowest BCUT2D eigenvalue weighted by atomic mass is 9.85. The summed E-state index contributed by atoms with van der Waals surface area (Å²) in [5.41, 5.74) is 1.81. The first-order chi connectivity index (χ1) is 16.4. The summed E-state index contributed by atoms with van der Waals surface area (Å²) < 4.78 is 1.70. The summed E-state index contributed by atoms with van der Waals surface area (Å²) in [5.74, 6) is -1.30. The molecule has 2 bridgehead atoms. The third-order valence-corrected chi connectivity index (χ3v) is 7.53. The Morgan fingerprint density at radius 1 is 1.18 bits per heavy atom. The summed E-state index contributed by atoms with van der Waals surface area (Å²) in [6, 6.07) is 6.33. The first-order valence-electron chi connectivity index (χ1n) is 11.9. The predicted molar refractivity (Wildman–Crippen MR) is 126 cm³/mol. The number of likely N-dealkylation sites (N-methyl/N-ethyl adjacent to an activating group) is 1. The summed E-state index contributed by atoms with van der Waals surface area (Å²) in [7, 11) is 3.65. The summed E-state index contributed by atoms with van der Waals surface area (Å²) in [6.07, 6.45) is 6.28. The van der Waals surface area contributed by atoms with Gasteiger partial charge in [0, 0.05) is 48.8 Å². The number of hydrogen-bond acceptors (Lipinski definition) is 6. The molecule has 1 aliphatic carbocycles. The van der Waals surface area contributed by atoms with E-state index in [1.165, 1.54) is 0 Å². The highest BCUT2D eigenvalue weighted by molar-refractivity contribution is 5.85. The van der Waals surface area contributed by atoms with Crippen LogP contribution >= 0.6 is 0 Å². The molecule has 4 atom stereocenters. The molecule has 0 radical (unpaired) electrons. The van der Waals surface area contributed by atoms with Gasteiger partial charge in [0.05, 0.1) is 24.5 Å². The Kier molecular flexibility index (Phi) is 5.99. The molecule has 180 valence electrons. The summed E-state index contributed by atoms with van der Waals surface area (Å²) in [6.45, 7) is 0.220. The van der Waals surface area contributed by atoms with Gasteiger partial charge in [-0.05, 0) is 63.2 Å². The van der Waals surface area contributed by atoms with Gasteiger partial charge in [0.1, 0.15) is 0 Å². The van der Waals surface area contributed by atoms with Crippen molar-refractivity contribution in [3.63, 3.8) is 0 Å². The molecule has 2 amide bonds. The molecule has 9 heteroatoms. The molecule has 2 fully saturated rings. The summed E-state index contributed by atoms with van der Waals surface area (Å²) in [4.78, 5) is 48.0. The standard InChI is InChI=1S/C25H31N5O4/c1-28(2)13-21(32)30-20-12-29-19(7-6-17(25(29)34)15-8-10-26-11-9-15)23(30)22(18(20)14-31)24(33)27-16-4-3-5-16/h6-11,16,18,20,22-23,31H,3-5,12-14H2,1-2H3,(H,27,33)/t18-,20-,22+,23+/m1/s1. The third-order valence-electron chi connectivity index (χ3n) is 7.53. The second kappa shape index (κ2) is 8.96. The maximum absolute atomic E-state index is 13.6. The van der Waals surface area contributed by atoms with E-state index in [0.717, 1.165) is 24.8 Å². The van der Waals surface area contributed by atoms with Crippen LogP contribution < -0.4 is 10.9 Å². The largest absolute Gasteiger partial charge is 0.396 e. The molecule has 2 aromatic rings. The van der Waals surface area contributed by atoms with E-state index >= 15 is 0 Å². The van der Waals surface area contributed by atoms with Crippen LogP contribution in [0.5, 0.6) is 0 Å². The SMILES string of the molecule is CN(C)CC(=O)N1[C@@H]2Cn3c(ccc(-c4ccncc4)c3=O)[C@H]1[C@@H](C(=O)NC1CCC1)[C@@H]2CO. The van der Waals surface area contributed by atoms with Crippen molar-refractivity contribution in [1.82, 2.24) is 24.7 Å². The van der Waals surface area contributed by atoms with Crippen LogP contribution in [0, 0.1) is 11.8 Å². The first kappa shape index (κ1) is 22.7. The van der Waals surface area contributed by atoms with Crippen molar-refractivity contribution < 1.29 is 14.7 Å². The van der Waals surface area contributed by atoms with Gasteiger partial charge in [-0.1, -0.05) is 0 Å². The van der Waals surface area contributed by atoms with E-state index in [1.54, 1.807) is 45.0 Å². The van der Waals surface area contributed by atoms with E-state index in [-0.39, 0.29) is 43.1 Å². The molecular formula is C25H31N5O4. The van der Waals surface area contributed by atoms with Crippen LogP contribution in [0.3, 0.4) is 0 Å².